The normalized spacial score (nSPS) is 20.3. The van der Waals surface area contributed by atoms with E-state index in [1.165, 1.54) is 15.6 Å². The van der Waals surface area contributed by atoms with Gasteiger partial charge in [0.15, 0.2) is 0 Å². The highest BCUT2D eigenvalue weighted by molar-refractivity contribution is 9.11. The molecule has 1 aliphatic heterocycles. The van der Waals surface area contributed by atoms with Crippen LogP contribution in [0.2, 0.25) is 0 Å². The van der Waals surface area contributed by atoms with Gasteiger partial charge in [-0.05, 0) is 47.8 Å². The van der Waals surface area contributed by atoms with Crippen molar-refractivity contribution in [3.63, 3.8) is 0 Å². The molecule has 1 aromatic heterocycles. The Balaban J connectivity index is 2.16. The van der Waals surface area contributed by atoms with Gasteiger partial charge in [0, 0.05) is 13.1 Å². The number of hydrogen-bond donors (Lipinski definition) is 1. The number of thiophene rings is 1. The molecule has 1 aromatic rings. The van der Waals surface area contributed by atoms with E-state index >= 15 is 0 Å². The Hall–Kier alpha value is -0.440. The molecule has 0 radical (unpaired) electrons. The van der Waals surface area contributed by atoms with E-state index < -0.39 is 21.4 Å². The van der Waals surface area contributed by atoms with E-state index in [-0.39, 0.29) is 13.1 Å². The summed E-state index contributed by atoms with van der Waals surface area (Å²) in [5.41, 5.74) is -0.817. The van der Waals surface area contributed by atoms with Gasteiger partial charge < -0.3 is 5.11 Å². The maximum absolute atomic E-state index is 12.3. The van der Waals surface area contributed by atoms with Gasteiger partial charge in [-0.3, -0.25) is 4.79 Å². The summed E-state index contributed by atoms with van der Waals surface area (Å²) in [6.45, 7) is 2.17. The monoisotopic (exact) mass is 367 g/mol. The lowest BCUT2D eigenvalue weighted by Crippen LogP contribution is -2.44. The first-order chi connectivity index (χ1) is 8.75. The molecular formula is C11H14BrNO4S2. The minimum absolute atomic E-state index is 0.251. The molecule has 1 saturated heterocycles. The Morgan fingerprint density at radius 1 is 1.42 bits per heavy atom. The van der Waals surface area contributed by atoms with Gasteiger partial charge >= 0.3 is 5.97 Å². The second-order valence-electron chi connectivity index (χ2n) is 4.83. The van der Waals surface area contributed by atoms with Gasteiger partial charge in [0.2, 0.25) is 0 Å². The van der Waals surface area contributed by atoms with Crippen LogP contribution in [-0.2, 0) is 14.8 Å². The maximum atomic E-state index is 12.3. The summed E-state index contributed by atoms with van der Waals surface area (Å²) in [5.74, 6) is -0.858. The first kappa shape index (κ1) is 15.0. The molecule has 1 fully saturated rings. The number of halogens is 1. The Labute approximate surface area is 124 Å². The number of hydrogen-bond acceptors (Lipinski definition) is 4. The largest absolute Gasteiger partial charge is 0.481 e. The molecule has 19 heavy (non-hydrogen) atoms. The van der Waals surface area contributed by atoms with Gasteiger partial charge in [0.1, 0.15) is 4.21 Å². The van der Waals surface area contributed by atoms with Crippen molar-refractivity contribution >= 4 is 43.3 Å². The number of aliphatic carboxylic acids is 1. The highest BCUT2D eigenvalue weighted by Gasteiger charge is 2.40. The van der Waals surface area contributed by atoms with Crippen LogP contribution in [0, 0.1) is 5.41 Å². The SMILES string of the molecule is CC1(C(=O)O)CCN(S(=O)(=O)c2ccc(Br)s2)CC1. The predicted octanol–water partition coefficient (Wildman–Crippen LogP) is 2.39. The number of carboxylic acid groups (broad SMARTS) is 1. The first-order valence-electron chi connectivity index (χ1n) is 5.75. The molecule has 0 saturated carbocycles. The summed E-state index contributed by atoms with van der Waals surface area (Å²) in [6.07, 6.45) is 0.683. The highest BCUT2D eigenvalue weighted by Crippen LogP contribution is 2.35. The number of rotatable bonds is 3. The predicted molar refractivity (Wildman–Crippen MR) is 75.8 cm³/mol. The van der Waals surface area contributed by atoms with Crippen molar-refractivity contribution in [1.29, 1.82) is 0 Å². The molecule has 0 amide bonds. The fraction of sp³-hybridized carbons (Fsp3) is 0.545. The van der Waals surface area contributed by atoms with Crippen molar-refractivity contribution in [3.05, 3.63) is 15.9 Å². The lowest BCUT2D eigenvalue weighted by molar-refractivity contribution is -0.150. The fourth-order valence-corrected chi connectivity index (χ4v) is 5.60. The Morgan fingerprint density at radius 2 is 2.00 bits per heavy atom. The standard InChI is InChI=1S/C11H14BrNO4S2/c1-11(10(14)15)4-6-13(7-5-11)19(16,17)9-3-2-8(12)18-9/h2-3H,4-7H2,1H3,(H,14,15). The number of sulfonamides is 1. The van der Waals surface area contributed by atoms with Crippen LogP contribution < -0.4 is 0 Å². The third kappa shape index (κ3) is 2.86. The van der Waals surface area contributed by atoms with E-state index in [4.69, 9.17) is 5.11 Å². The minimum Gasteiger partial charge on any atom is -0.481 e. The Morgan fingerprint density at radius 3 is 2.42 bits per heavy atom. The zero-order valence-corrected chi connectivity index (χ0v) is 13.5. The van der Waals surface area contributed by atoms with E-state index in [0.29, 0.717) is 17.1 Å². The molecule has 0 aromatic carbocycles. The summed E-state index contributed by atoms with van der Waals surface area (Å²) in [5, 5.41) is 9.13. The summed E-state index contributed by atoms with van der Waals surface area (Å²) >= 11 is 4.41. The zero-order chi connectivity index (χ0) is 14.3. The van der Waals surface area contributed by atoms with Crippen molar-refractivity contribution < 1.29 is 18.3 Å². The molecule has 1 N–H and O–H groups in total. The average Bonchev–Trinajstić information content (AvgIpc) is 2.77. The summed E-state index contributed by atoms with van der Waals surface area (Å²) in [4.78, 5) is 11.1. The van der Waals surface area contributed by atoms with E-state index in [0.717, 1.165) is 3.79 Å². The second-order valence-corrected chi connectivity index (χ2v) is 9.46. The topological polar surface area (TPSA) is 74.7 Å². The third-order valence-electron chi connectivity index (χ3n) is 3.48. The number of carbonyl (C=O) groups is 1. The van der Waals surface area contributed by atoms with Crippen LogP contribution in [0.4, 0.5) is 0 Å². The number of nitrogens with zero attached hydrogens (tertiary/aromatic N) is 1. The van der Waals surface area contributed by atoms with Gasteiger partial charge in [-0.25, -0.2) is 8.42 Å². The molecule has 2 heterocycles. The molecule has 0 unspecified atom stereocenters. The van der Waals surface area contributed by atoms with Gasteiger partial charge in [-0.2, -0.15) is 4.31 Å². The van der Waals surface area contributed by atoms with Crippen molar-refractivity contribution in [2.24, 2.45) is 5.41 Å². The van der Waals surface area contributed by atoms with Crippen LogP contribution in [0.25, 0.3) is 0 Å². The van der Waals surface area contributed by atoms with Crippen LogP contribution in [0.5, 0.6) is 0 Å². The van der Waals surface area contributed by atoms with Crippen LogP contribution in [0.15, 0.2) is 20.1 Å². The molecule has 8 heteroatoms. The fourth-order valence-electron chi connectivity index (χ4n) is 2.00. The molecule has 1 aliphatic rings. The Bertz CT molecular complexity index is 588. The molecule has 5 nitrogen and oxygen atoms in total. The first-order valence-corrected chi connectivity index (χ1v) is 8.79. The summed E-state index contributed by atoms with van der Waals surface area (Å²) in [6, 6.07) is 3.26. The van der Waals surface area contributed by atoms with Crippen LogP contribution in [0.1, 0.15) is 19.8 Å². The molecule has 0 atom stereocenters. The quantitative estimate of drug-likeness (QED) is 0.889. The van der Waals surface area contributed by atoms with Gasteiger partial charge in [0.05, 0.1) is 9.20 Å². The van der Waals surface area contributed by atoms with Gasteiger partial charge in [0.25, 0.3) is 10.0 Å². The smallest absolute Gasteiger partial charge is 0.309 e. The molecule has 0 bridgehead atoms. The van der Waals surface area contributed by atoms with Gasteiger partial charge in [-0.15, -0.1) is 11.3 Å². The molecular weight excluding hydrogens is 354 g/mol. The van der Waals surface area contributed by atoms with Gasteiger partial charge in [-0.1, -0.05) is 0 Å². The molecule has 0 spiro atoms. The van der Waals surface area contributed by atoms with Crippen molar-refractivity contribution in [1.82, 2.24) is 4.31 Å². The lowest BCUT2D eigenvalue weighted by Gasteiger charge is -2.35. The van der Waals surface area contributed by atoms with Crippen molar-refractivity contribution in [3.8, 4) is 0 Å². The molecule has 106 valence electrons. The zero-order valence-electron chi connectivity index (χ0n) is 10.3. The third-order valence-corrected chi connectivity index (χ3v) is 7.47. The average molecular weight is 368 g/mol. The Kier molecular flexibility index (Phi) is 4.06. The molecule has 0 aliphatic carbocycles. The van der Waals surface area contributed by atoms with E-state index in [2.05, 4.69) is 15.9 Å². The lowest BCUT2D eigenvalue weighted by atomic mass is 9.81. The highest BCUT2D eigenvalue weighted by atomic mass is 79.9. The van der Waals surface area contributed by atoms with E-state index in [9.17, 15) is 13.2 Å². The van der Waals surface area contributed by atoms with Crippen LogP contribution >= 0.6 is 27.3 Å². The van der Waals surface area contributed by atoms with E-state index in [1.54, 1.807) is 19.1 Å². The molecule has 2 rings (SSSR count). The number of carboxylic acids is 1. The second kappa shape index (κ2) is 5.16. The van der Waals surface area contributed by atoms with Crippen LogP contribution in [-0.4, -0.2) is 36.9 Å². The van der Waals surface area contributed by atoms with E-state index in [1.807, 2.05) is 0 Å². The number of piperidine rings is 1. The minimum atomic E-state index is -3.49. The maximum Gasteiger partial charge on any atom is 0.309 e. The van der Waals surface area contributed by atoms with Crippen LogP contribution in [0.3, 0.4) is 0 Å². The summed E-state index contributed by atoms with van der Waals surface area (Å²) in [7, 11) is -3.49. The summed E-state index contributed by atoms with van der Waals surface area (Å²) < 4.78 is 27.1. The van der Waals surface area contributed by atoms with Crippen molar-refractivity contribution in [2.75, 3.05) is 13.1 Å². The van der Waals surface area contributed by atoms with Crippen molar-refractivity contribution in [2.45, 2.75) is 24.0 Å².